The van der Waals surface area contributed by atoms with Gasteiger partial charge >= 0.3 is 0 Å². The molecular formula is C24H30FIN4O. The maximum atomic E-state index is 13.5. The van der Waals surface area contributed by atoms with E-state index in [0.717, 1.165) is 55.1 Å². The lowest BCUT2D eigenvalue weighted by Gasteiger charge is -2.33. The van der Waals surface area contributed by atoms with Gasteiger partial charge in [0.15, 0.2) is 5.96 Å². The topological polar surface area (TPSA) is 52.8 Å². The third-order valence-corrected chi connectivity index (χ3v) is 5.81. The Labute approximate surface area is 200 Å². The molecule has 31 heavy (non-hydrogen) atoms. The smallest absolute Gasteiger partial charge is 0.191 e. The van der Waals surface area contributed by atoms with Gasteiger partial charge in [0.05, 0.1) is 6.54 Å². The van der Waals surface area contributed by atoms with Crippen molar-refractivity contribution in [1.29, 1.82) is 0 Å². The zero-order valence-electron chi connectivity index (χ0n) is 18.0. The van der Waals surface area contributed by atoms with E-state index in [9.17, 15) is 4.39 Å². The first-order valence-electron chi connectivity index (χ1n) is 10.5. The van der Waals surface area contributed by atoms with Crippen molar-refractivity contribution in [2.45, 2.75) is 38.9 Å². The Balaban J connectivity index is 0.00000272. The van der Waals surface area contributed by atoms with Gasteiger partial charge in [-0.25, -0.2) is 4.39 Å². The number of hydrogen-bond donors (Lipinski definition) is 2. The number of nitrogens with zero attached hydrogens (tertiary/aromatic N) is 2. The lowest BCUT2D eigenvalue weighted by atomic mass is 10.0. The van der Waals surface area contributed by atoms with Crippen molar-refractivity contribution in [1.82, 2.24) is 15.5 Å². The standard InChI is InChI=1S/C24H29FN4O.HI/c1-17-21-14-19(25)8-9-22(21)30-23(17)15-27-24(26-2)28-20-10-12-29(13-11-20)16-18-6-4-3-5-7-18;/h3-9,14,20H,10-13,15-16H2,1-2H3,(H2,26,27,28);1H. The van der Waals surface area contributed by atoms with E-state index < -0.39 is 0 Å². The van der Waals surface area contributed by atoms with E-state index in [1.807, 2.05) is 6.92 Å². The van der Waals surface area contributed by atoms with Crippen LogP contribution in [0.25, 0.3) is 11.0 Å². The molecule has 1 aliphatic heterocycles. The number of hydrogen-bond acceptors (Lipinski definition) is 3. The molecule has 0 bridgehead atoms. The molecule has 1 fully saturated rings. The van der Waals surface area contributed by atoms with E-state index in [0.29, 0.717) is 18.2 Å². The van der Waals surface area contributed by atoms with Gasteiger partial charge in [0.25, 0.3) is 0 Å². The second-order valence-electron chi connectivity index (χ2n) is 7.90. The third-order valence-electron chi connectivity index (χ3n) is 5.81. The van der Waals surface area contributed by atoms with Crippen LogP contribution in [0.1, 0.15) is 29.7 Å². The second kappa shape index (κ2) is 10.9. The molecule has 1 saturated heterocycles. The number of nitrogens with one attached hydrogen (secondary N) is 2. The SMILES string of the molecule is CN=C(NCc1oc2ccc(F)cc2c1C)NC1CCN(Cc2ccccc2)CC1.I. The maximum absolute atomic E-state index is 13.5. The molecule has 2 N–H and O–H groups in total. The molecule has 4 rings (SSSR count). The highest BCUT2D eigenvalue weighted by Gasteiger charge is 2.20. The molecule has 5 nitrogen and oxygen atoms in total. The van der Waals surface area contributed by atoms with Crippen LogP contribution in [0.5, 0.6) is 0 Å². The number of guanidine groups is 1. The number of fused-ring (bicyclic) bond motifs is 1. The molecule has 1 aromatic heterocycles. The number of rotatable bonds is 5. The summed E-state index contributed by atoms with van der Waals surface area (Å²) in [6.07, 6.45) is 2.16. The first-order chi connectivity index (χ1) is 14.6. The lowest BCUT2D eigenvalue weighted by Crippen LogP contribution is -2.48. The van der Waals surface area contributed by atoms with Gasteiger partial charge in [-0.15, -0.1) is 24.0 Å². The number of benzene rings is 2. The lowest BCUT2D eigenvalue weighted by molar-refractivity contribution is 0.198. The van der Waals surface area contributed by atoms with Crippen molar-refractivity contribution in [3.8, 4) is 0 Å². The van der Waals surface area contributed by atoms with Crippen LogP contribution in [0, 0.1) is 12.7 Å². The van der Waals surface area contributed by atoms with Crippen molar-refractivity contribution in [3.63, 3.8) is 0 Å². The fourth-order valence-electron chi connectivity index (χ4n) is 4.04. The van der Waals surface area contributed by atoms with Crippen molar-refractivity contribution in [3.05, 3.63) is 71.2 Å². The van der Waals surface area contributed by atoms with Crippen molar-refractivity contribution in [2.24, 2.45) is 4.99 Å². The van der Waals surface area contributed by atoms with Gasteiger partial charge in [-0.3, -0.25) is 9.89 Å². The number of halogens is 2. The Hall–Kier alpha value is -2.13. The van der Waals surface area contributed by atoms with E-state index in [4.69, 9.17) is 4.42 Å². The number of aliphatic imine (C=N–C) groups is 1. The van der Waals surface area contributed by atoms with Gasteiger partial charge in [0.1, 0.15) is 17.2 Å². The zero-order valence-corrected chi connectivity index (χ0v) is 20.4. The Morgan fingerprint density at radius 3 is 2.61 bits per heavy atom. The zero-order chi connectivity index (χ0) is 20.9. The van der Waals surface area contributed by atoms with Gasteiger partial charge < -0.3 is 15.1 Å². The minimum absolute atomic E-state index is 0. The van der Waals surface area contributed by atoms with Gasteiger partial charge in [0, 0.05) is 43.7 Å². The van der Waals surface area contributed by atoms with Crippen LogP contribution in [-0.2, 0) is 13.1 Å². The summed E-state index contributed by atoms with van der Waals surface area (Å²) in [6, 6.07) is 15.6. The van der Waals surface area contributed by atoms with Crippen molar-refractivity contribution >= 4 is 40.9 Å². The summed E-state index contributed by atoms with van der Waals surface area (Å²) in [7, 11) is 1.78. The third kappa shape index (κ3) is 5.98. The van der Waals surface area contributed by atoms with Crippen LogP contribution < -0.4 is 10.6 Å². The fourth-order valence-corrected chi connectivity index (χ4v) is 4.04. The van der Waals surface area contributed by atoms with Gasteiger partial charge in [-0.2, -0.15) is 0 Å². The molecule has 0 atom stereocenters. The highest BCUT2D eigenvalue weighted by Crippen LogP contribution is 2.25. The van der Waals surface area contributed by atoms with Crippen LogP contribution >= 0.6 is 24.0 Å². The maximum Gasteiger partial charge on any atom is 0.191 e. The van der Waals surface area contributed by atoms with Crippen LogP contribution in [0.2, 0.25) is 0 Å². The summed E-state index contributed by atoms with van der Waals surface area (Å²) in [5.74, 6) is 1.32. The molecule has 0 aliphatic carbocycles. The van der Waals surface area contributed by atoms with Crippen LogP contribution in [0.3, 0.4) is 0 Å². The molecule has 166 valence electrons. The molecular weight excluding hydrogens is 506 g/mol. The summed E-state index contributed by atoms with van der Waals surface area (Å²) in [5, 5.41) is 7.69. The molecule has 3 aromatic rings. The molecule has 0 unspecified atom stereocenters. The number of aryl methyl sites for hydroxylation is 1. The molecule has 0 radical (unpaired) electrons. The summed E-state index contributed by atoms with van der Waals surface area (Å²) >= 11 is 0. The number of furan rings is 1. The summed E-state index contributed by atoms with van der Waals surface area (Å²) < 4.78 is 19.4. The molecule has 2 heterocycles. The minimum Gasteiger partial charge on any atom is -0.459 e. The van der Waals surface area contributed by atoms with Crippen LogP contribution in [-0.4, -0.2) is 37.0 Å². The average Bonchev–Trinajstić information content (AvgIpc) is 3.08. The highest BCUT2D eigenvalue weighted by molar-refractivity contribution is 14.0. The summed E-state index contributed by atoms with van der Waals surface area (Å²) in [6.45, 7) is 5.61. The Morgan fingerprint density at radius 2 is 1.90 bits per heavy atom. The van der Waals surface area contributed by atoms with E-state index in [-0.39, 0.29) is 29.8 Å². The molecule has 2 aromatic carbocycles. The van der Waals surface area contributed by atoms with E-state index in [1.165, 1.54) is 17.7 Å². The predicted molar refractivity (Wildman–Crippen MR) is 134 cm³/mol. The van der Waals surface area contributed by atoms with Crippen LogP contribution in [0.4, 0.5) is 4.39 Å². The quantitative estimate of drug-likeness (QED) is 0.279. The Morgan fingerprint density at radius 1 is 1.16 bits per heavy atom. The van der Waals surface area contributed by atoms with Gasteiger partial charge in [-0.1, -0.05) is 30.3 Å². The molecule has 7 heteroatoms. The molecule has 1 aliphatic rings. The van der Waals surface area contributed by atoms with Crippen molar-refractivity contribution < 1.29 is 8.81 Å². The van der Waals surface area contributed by atoms with Gasteiger partial charge in [-0.05, 0) is 43.5 Å². The highest BCUT2D eigenvalue weighted by atomic mass is 127. The molecule has 0 spiro atoms. The average molecular weight is 536 g/mol. The fraction of sp³-hybridized carbons (Fsp3) is 0.375. The number of likely N-dealkylation sites (tertiary alicyclic amines) is 1. The van der Waals surface area contributed by atoms with E-state index in [1.54, 1.807) is 13.1 Å². The molecule has 0 saturated carbocycles. The summed E-state index contributed by atoms with van der Waals surface area (Å²) in [4.78, 5) is 6.86. The van der Waals surface area contributed by atoms with Gasteiger partial charge in [0.2, 0.25) is 0 Å². The number of piperidine rings is 1. The second-order valence-corrected chi connectivity index (χ2v) is 7.90. The van der Waals surface area contributed by atoms with Crippen LogP contribution in [0.15, 0.2) is 57.9 Å². The normalized spacial score (nSPS) is 15.6. The predicted octanol–water partition coefficient (Wildman–Crippen LogP) is 4.83. The Kier molecular flexibility index (Phi) is 8.31. The molecule has 0 amide bonds. The van der Waals surface area contributed by atoms with E-state index in [2.05, 4.69) is 50.9 Å². The minimum atomic E-state index is -0.248. The first-order valence-corrected chi connectivity index (χ1v) is 10.5. The first kappa shape index (κ1) is 23.5. The largest absolute Gasteiger partial charge is 0.459 e. The van der Waals surface area contributed by atoms with E-state index >= 15 is 0 Å². The monoisotopic (exact) mass is 536 g/mol. The van der Waals surface area contributed by atoms with Crippen molar-refractivity contribution in [2.75, 3.05) is 20.1 Å². The Bertz CT molecular complexity index is 1010. The summed E-state index contributed by atoms with van der Waals surface area (Å²) in [5.41, 5.74) is 3.03.